The summed E-state index contributed by atoms with van der Waals surface area (Å²) in [6.07, 6.45) is -2.63. The maximum Gasteiger partial charge on any atom is 0.265 e. The molecule has 2 aromatic rings. The molecule has 0 bridgehead atoms. The van der Waals surface area contributed by atoms with Crippen LogP contribution in [0.3, 0.4) is 0 Å². The highest BCUT2D eigenvalue weighted by molar-refractivity contribution is 6.44. The van der Waals surface area contributed by atoms with E-state index in [9.17, 15) is 8.78 Å². The van der Waals surface area contributed by atoms with Crippen LogP contribution in [0.2, 0.25) is 15.1 Å². The van der Waals surface area contributed by atoms with Crippen LogP contribution < -0.4 is 0 Å². The van der Waals surface area contributed by atoms with E-state index >= 15 is 0 Å². The van der Waals surface area contributed by atoms with Crippen molar-refractivity contribution in [2.45, 2.75) is 6.43 Å². The normalized spacial score (nSPS) is 11.0. The third-order valence-corrected chi connectivity index (χ3v) is 3.75. The van der Waals surface area contributed by atoms with Crippen molar-refractivity contribution < 1.29 is 8.78 Å². The van der Waals surface area contributed by atoms with E-state index in [0.29, 0.717) is 21.2 Å². The van der Waals surface area contributed by atoms with Crippen molar-refractivity contribution in [1.29, 1.82) is 0 Å². The van der Waals surface area contributed by atoms with Gasteiger partial charge in [-0.1, -0.05) is 65.1 Å². The monoisotopic (exact) mass is 306 g/mol. The van der Waals surface area contributed by atoms with Crippen molar-refractivity contribution in [3.63, 3.8) is 0 Å². The Hall–Kier alpha value is -0.830. The largest absolute Gasteiger partial charge is 0.265 e. The van der Waals surface area contributed by atoms with Gasteiger partial charge in [0.05, 0.1) is 15.1 Å². The van der Waals surface area contributed by atoms with Gasteiger partial charge in [-0.05, 0) is 6.07 Å². The lowest BCUT2D eigenvalue weighted by molar-refractivity contribution is 0.151. The predicted molar refractivity (Wildman–Crippen MR) is 71.9 cm³/mol. The summed E-state index contributed by atoms with van der Waals surface area (Å²) in [7, 11) is 0. The van der Waals surface area contributed by atoms with Gasteiger partial charge in [-0.15, -0.1) is 0 Å². The van der Waals surface area contributed by atoms with E-state index in [0.717, 1.165) is 0 Å². The molecule has 18 heavy (non-hydrogen) atoms. The number of alkyl halides is 2. The van der Waals surface area contributed by atoms with E-state index in [4.69, 9.17) is 34.8 Å². The first-order valence-corrected chi connectivity index (χ1v) is 6.16. The number of rotatable bonds is 2. The van der Waals surface area contributed by atoms with E-state index in [-0.39, 0.29) is 10.6 Å². The van der Waals surface area contributed by atoms with Gasteiger partial charge in [0.1, 0.15) is 0 Å². The Morgan fingerprint density at radius 3 is 1.94 bits per heavy atom. The van der Waals surface area contributed by atoms with Crippen molar-refractivity contribution >= 4 is 34.8 Å². The number of halogens is 5. The maximum absolute atomic E-state index is 12.8. The lowest BCUT2D eigenvalue weighted by Crippen LogP contribution is -1.89. The Kier molecular flexibility index (Phi) is 4.10. The molecule has 0 radical (unpaired) electrons. The Morgan fingerprint density at radius 2 is 1.33 bits per heavy atom. The maximum atomic E-state index is 12.8. The number of hydrogen-bond donors (Lipinski definition) is 0. The molecule has 2 aromatic carbocycles. The minimum absolute atomic E-state index is 0.00309. The average molecular weight is 308 g/mol. The van der Waals surface area contributed by atoms with Gasteiger partial charge in [0.2, 0.25) is 0 Å². The first-order chi connectivity index (χ1) is 8.52. The molecule has 0 aromatic heterocycles. The van der Waals surface area contributed by atoms with Crippen LogP contribution in [-0.4, -0.2) is 0 Å². The molecule has 0 saturated carbocycles. The average Bonchev–Trinajstić information content (AvgIpc) is 2.33. The van der Waals surface area contributed by atoms with Crippen LogP contribution in [0.5, 0.6) is 0 Å². The molecule has 0 saturated heterocycles. The van der Waals surface area contributed by atoms with Gasteiger partial charge in [-0.2, -0.15) is 0 Å². The third-order valence-electron chi connectivity index (χ3n) is 2.51. The SMILES string of the molecule is FC(F)c1cccc(-c2cccc(Cl)c2Cl)c1Cl. The fraction of sp³-hybridized carbons (Fsp3) is 0.0769. The fourth-order valence-corrected chi connectivity index (χ4v) is 2.35. The summed E-state index contributed by atoms with van der Waals surface area (Å²) in [5.74, 6) is 0. The molecule has 0 nitrogen and oxygen atoms in total. The van der Waals surface area contributed by atoms with Crippen LogP contribution in [0.4, 0.5) is 8.78 Å². The van der Waals surface area contributed by atoms with Gasteiger partial charge in [0, 0.05) is 16.7 Å². The van der Waals surface area contributed by atoms with Crippen LogP contribution in [0.15, 0.2) is 36.4 Å². The van der Waals surface area contributed by atoms with Gasteiger partial charge in [0.15, 0.2) is 0 Å². The summed E-state index contributed by atoms with van der Waals surface area (Å²) in [5, 5.41) is 0.650. The zero-order chi connectivity index (χ0) is 13.3. The Bertz CT molecular complexity index is 582. The van der Waals surface area contributed by atoms with Crippen LogP contribution in [0, 0.1) is 0 Å². The van der Waals surface area contributed by atoms with Gasteiger partial charge < -0.3 is 0 Å². The predicted octanol–water partition coefficient (Wildman–Crippen LogP) is 6.25. The first-order valence-electron chi connectivity index (χ1n) is 5.03. The zero-order valence-electron chi connectivity index (χ0n) is 8.93. The van der Waals surface area contributed by atoms with Gasteiger partial charge in [0.25, 0.3) is 6.43 Å². The Morgan fingerprint density at radius 1 is 0.778 bits per heavy atom. The van der Waals surface area contributed by atoms with Crippen molar-refractivity contribution in [3.8, 4) is 11.1 Å². The third kappa shape index (κ3) is 2.46. The zero-order valence-corrected chi connectivity index (χ0v) is 11.2. The highest BCUT2D eigenvalue weighted by atomic mass is 35.5. The van der Waals surface area contributed by atoms with E-state index in [1.54, 1.807) is 24.3 Å². The molecular formula is C13H7Cl3F2. The quantitative estimate of drug-likeness (QED) is 0.615. The van der Waals surface area contributed by atoms with Crippen molar-refractivity contribution in [3.05, 3.63) is 57.0 Å². The molecule has 0 unspecified atom stereocenters. The van der Waals surface area contributed by atoms with Gasteiger partial charge in [-0.25, -0.2) is 8.78 Å². The molecule has 0 atom stereocenters. The number of benzene rings is 2. The highest BCUT2D eigenvalue weighted by Gasteiger charge is 2.17. The Balaban J connectivity index is 2.65. The summed E-state index contributed by atoms with van der Waals surface area (Å²) in [4.78, 5) is 0. The highest BCUT2D eigenvalue weighted by Crippen LogP contribution is 2.40. The standard InChI is InChI=1S/C13H7Cl3F2/c14-10-6-2-4-8(12(10)16)7-3-1-5-9(11(7)15)13(17)18/h1-6,13H. The molecule has 0 aliphatic heterocycles. The summed E-state index contributed by atoms with van der Waals surface area (Å²) >= 11 is 17.9. The van der Waals surface area contributed by atoms with Crippen LogP contribution in [0.25, 0.3) is 11.1 Å². The minimum Gasteiger partial charge on any atom is -0.205 e. The molecule has 2 rings (SSSR count). The first kappa shape index (κ1) is 13.6. The molecule has 0 N–H and O–H groups in total. The second-order valence-corrected chi connectivity index (χ2v) is 4.77. The van der Waals surface area contributed by atoms with Crippen molar-refractivity contribution in [2.75, 3.05) is 0 Å². The van der Waals surface area contributed by atoms with E-state index in [2.05, 4.69) is 0 Å². The van der Waals surface area contributed by atoms with Crippen molar-refractivity contribution in [1.82, 2.24) is 0 Å². The molecular weight excluding hydrogens is 300 g/mol. The molecule has 0 fully saturated rings. The minimum atomic E-state index is -2.63. The van der Waals surface area contributed by atoms with Crippen LogP contribution in [-0.2, 0) is 0 Å². The number of hydrogen-bond acceptors (Lipinski definition) is 0. The molecule has 0 aliphatic rings. The van der Waals surface area contributed by atoms with E-state index < -0.39 is 6.43 Å². The van der Waals surface area contributed by atoms with E-state index in [1.165, 1.54) is 12.1 Å². The second-order valence-electron chi connectivity index (χ2n) is 3.61. The molecule has 0 aliphatic carbocycles. The summed E-state index contributed by atoms with van der Waals surface area (Å²) < 4.78 is 25.5. The summed E-state index contributed by atoms with van der Waals surface area (Å²) in [6, 6.07) is 9.43. The molecule has 0 heterocycles. The van der Waals surface area contributed by atoms with E-state index in [1.807, 2.05) is 0 Å². The van der Waals surface area contributed by atoms with Crippen molar-refractivity contribution in [2.24, 2.45) is 0 Å². The lowest BCUT2D eigenvalue weighted by atomic mass is 10.0. The van der Waals surface area contributed by atoms with Gasteiger partial charge in [-0.3, -0.25) is 0 Å². The van der Waals surface area contributed by atoms with Crippen LogP contribution >= 0.6 is 34.8 Å². The van der Waals surface area contributed by atoms with Gasteiger partial charge >= 0.3 is 0 Å². The lowest BCUT2D eigenvalue weighted by Gasteiger charge is -2.11. The summed E-state index contributed by atoms with van der Waals surface area (Å²) in [5.41, 5.74) is 0.767. The van der Waals surface area contributed by atoms with Crippen LogP contribution in [0.1, 0.15) is 12.0 Å². The summed E-state index contributed by atoms with van der Waals surface area (Å²) in [6.45, 7) is 0. The molecule has 94 valence electrons. The molecule has 0 spiro atoms. The molecule has 0 amide bonds. The fourth-order valence-electron chi connectivity index (χ4n) is 1.64. The second kappa shape index (κ2) is 5.43. The smallest absolute Gasteiger partial charge is 0.205 e. The molecule has 5 heteroatoms. The Labute approximate surface area is 118 Å². The topological polar surface area (TPSA) is 0 Å².